The Bertz CT molecular complexity index is 438. The number of anilines is 1. The Balaban J connectivity index is 1.59. The third-order valence-electron chi connectivity index (χ3n) is 4.54. The van der Waals surface area contributed by atoms with Crippen LogP contribution in [0.25, 0.3) is 0 Å². The molecular formula is C16H26N4. The van der Waals surface area contributed by atoms with Crippen LogP contribution in [0.2, 0.25) is 0 Å². The Morgan fingerprint density at radius 2 is 2.10 bits per heavy atom. The number of hydrogen-bond acceptors (Lipinski definition) is 4. The summed E-state index contributed by atoms with van der Waals surface area (Å²) in [5.74, 6) is 1.82. The van der Waals surface area contributed by atoms with Crippen molar-refractivity contribution in [1.82, 2.24) is 15.2 Å². The standard InChI is InChI=1S/C16H26N4/c1-12-10-20(11-15(12)19(2)3)16-7-4-13(9-18-16)8-17-14-5-6-14/h4,7,9,12,14-15,17H,5-6,8,10-11H2,1-3H3. The minimum atomic E-state index is 0.632. The fourth-order valence-corrected chi connectivity index (χ4v) is 3.07. The maximum Gasteiger partial charge on any atom is 0.128 e. The van der Waals surface area contributed by atoms with Gasteiger partial charge in [0, 0.05) is 37.9 Å². The van der Waals surface area contributed by atoms with E-state index in [2.05, 4.69) is 53.3 Å². The van der Waals surface area contributed by atoms with Crippen molar-refractivity contribution >= 4 is 5.82 Å². The summed E-state index contributed by atoms with van der Waals surface area (Å²) in [4.78, 5) is 9.40. The Morgan fingerprint density at radius 1 is 1.30 bits per heavy atom. The summed E-state index contributed by atoms with van der Waals surface area (Å²) in [6.07, 6.45) is 4.70. The molecule has 0 bridgehead atoms. The fraction of sp³-hybridized carbons (Fsp3) is 0.688. The molecule has 1 saturated carbocycles. The first-order valence-corrected chi connectivity index (χ1v) is 7.73. The van der Waals surface area contributed by atoms with Gasteiger partial charge in [-0.15, -0.1) is 0 Å². The maximum atomic E-state index is 4.65. The molecule has 2 unspecified atom stereocenters. The molecule has 2 aliphatic rings. The monoisotopic (exact) mass is 274 g/mol. The molecule has 4 heteroatoms. The zero-order valence-electron chi connectivity index (χ0n) is 12.8. The van der Waals surface area contributed by atoms with Gasteiger partial charge in [0.15, 0.2) is 0 Å². The topological polar surface area (TPSA) is 31.4 Å². The highest BCUT2D eigenvalue weighted by Gasteiger charge is 2.31. The summed E-state index contributed by atoms with van der Waals surface area (Å²) >= 11 is 0. The van der Waals surface area contributed by atoms with Gasteiger partial charge in [0.25, 0.3) is 0 Å². The van der Waals surface area contributed by atoms with E-state index in [0.29, 0.717) is 12.0 Å². The highest BCUT2D eigenvalue weighted by atomic mass is 15.3. The van der Waals surface area contributed by atoms with Crippen molar-refractivity contribution in [3.05, 3.63) is 23.9 Å². The lowest BCUT2D eigenvalue weighted by atomic mass is 10.1. The molecule has 2 fully saturated rings. The molecule has 0 radical (unpaired) electrons. The molecule has 3 rings (SSSR count). The molecule has 0 aromatic carbocycles. The minimum Gasteiger partial charge on any atom is -0.355 e. The lowest BCUT2D eigenvalue weighted by molar-refractivity contribution is 0.266. The maximum absolute atomic E-state index is 4.65. The van der Waals surface area contributed by atoms with Crippen LogP contribution >= 0.6 is 0 Å². The van der Waals surface area contributed by atoms with Gasteiger partial charge >= 0.3 is 0 Å². The Labute approximate surface area is 122 Å². The van der Waals surface area contributed by atoms with E-state index in [4.69, 9.17) is 0 Å². The van der Waals surface area contributed by atoms with Gasteiger partial charge in [-0.1, -0.05) is 13.0 Å². The van der Waals surface area contributed by atoms with Crippen LogP contribution in [0.15, 0.2) is 18.3 Å². The molecule has 1 N–H and O–H groups in total. The molecule has 1 saturated heterocycles. The molecule has 0 amide bonds. The molecule has 110 valence electrons. The predicted molar refractivity (Wildman–Crippen MR) is 83.0 cm³/mol. The van der Waals surface area contributed by atoms with Crippen LogP contribution in [0.3, 0.4) is 0 Å². The van der Waals surface area contributed by atoms with E-state index in [-0.39, 0.29) is 0 Å². The van der Waals surface area contributed by atoms with Gasteiger partial charge < -0.3 is 15.1 Å². The van der Waals surface area contributed by atoms with Crippen LogP contribution < -0.4 is 10.2 Å². The van der Waals surface area contributed by atoms with Crippen LogP contribution in [0.5, 0.6) is 0 Å². The molecule has 2 heterocycles. The van der Waals surface area contributed by atoms with E-state index in [0.717, 1.165) is 31.5 Å². The van der Waals surface area contributed by atoms with Crippen molar-refractivity contribution in [2.75, 3.05) is 32.1 Å². The van der Waals surface area contributed by atoms with Crippen molar-refractivity contribution in [3.63, 3.8) is 0 Å². The summed E-state index contributed by atoms with van der Waals surface area (Å²) in [7, 11) is 4.34. The van der Waals surface area contributed by atoms with Gasteiger partial charge in [0.05, 0.1) is 0 Å². The molecule has 0 spiro atoms. The molecule has 1 aromatic rings. The summed E-state index contributed by atoms with van der Waals surface area (Å²) in [5.41, 5.74) is 1.29. The normalized spacial score (nSPS) is 26.5. The molecule has 4 nitrogen and oxygen atoms in total. The Hall–Kier alpha value is -1.13. The van der Waals surface area contributed by atoms with E-state index in [1.54, 1.807) is 0 Å². The summed E-state index contributed by atoms with van der Waals surface area (Å²) < 4.78 is 0. The largest absolute Gasteiger partial charge is 0.355 e. The number of nitrogens with one attached hydrogen (secondary N) is 1. The van der Waals surface area contributed by atoms with Crippen LogP contribution in [-0.2, 0) is 6.54 Å². The highest BCUT2D eigenvalue weighted by Crippen LogP contribution is 2.25. The van der Waals surface area contributed by atoms with Gasteiger partial charge in [-0.2, -0.15) is 0 Å². The van der Waals surface area contributed by atoms with Crippen LogP contribution in [0, 0.1) is 5.92 Å². The van der Waals surface area contributed by atoms with Gasteiger partial charge in [-0.05, 0) is 44.5 Å². The van der Waals surface area contributed by atoms with E-state index >= 15 is 0 Å². The second-order valence-electron chi connectivity index (χ2n) is 6.59. The van der Waals surface area contributed by atoms with Crippen LogP contribution in [-0.4, -0.2) is 49.2 Å². The number of likely N-dealkylation sites (N-methyl/N-ethyl adjacent to an activating group) is 1. The van der Waals surface area contributed by atoms with Crippen molar-refractivity contribution in [3.8, 4) is 0 Å². The number of aromatic nitrogens is 1. The summed E-state index contributed by atoms with van der Waals surface area (Å²) in [6, 6.07) is 5.78. The second-order valence-corrected chi connectivity index (χ2v) is 6.59. The average molecular weight is 274 g/mol. The smallest absolute Gasteiger partial charge is 0.128 e. The van der Waals surface area contributed by atoms with E-state index in [1.807, 2.05) is 6.20 Å². The van der Waals surface area contributed by atoms with Gasteiger partial charge in [-0.3, -0.25) is 0 Å². The molecule has 1 aromatic heterocycles. The fourth-order valence-electron chi connectivity index (χ4n) is 3.07. The average Bonchev–Trinajstić information content (AvgIpc) is 3.18. The third kappa shape index (κ3) is 3.13. The van der Waals surface area contributed by atoms with E-state index < -0.39 is 0 Å². The van der Waals surface area contributed by atoms with Crippen molar-refractivity contribution in [2.45, 2.75) is 38.4 Å². The number of rotatable bonds is 5. The molecule has 2 atom stereocenters. The predicted octanol–water partition coefficient (Wildman–Crippen LogP) is 1.72. The van der Waals surface area contributed by atoms with E-state index in [1.165, 1.54) is 18.4 Å². The lowest BCUT2D eigenvalue weighted by Gasteiger charge is -2.22. The minimum absolute atomic E-state index is 0.632. The quantitative estimate of drug-likeness (QED) is 0.886. The second kappa shape index (κ2) is 5.70. The van der Waals surface area contributed by atoms with E-state index in [9.17, 15) is 0 Å². The number of nitrogens with zero attached hydrogens (tertiary/aromatic N) is 3. The number of hydrogen-bond donors (Lipinski definition) is 1. The molecule has 1 aliphatic carbocycles. The van der Waals surface area contributed by atoms with Gasteiger partial charge in [0.1, 0.15) is 5.82 Å². The van der Waals surface area contributed by atoms with Crippen LogP contribution in [0.4, 0.5) is 5.82 Å². The Kier molecular flexibility index (Phi) is 3.94. The Morgan fingerprint density at radius 3 is 2.65 bits per heavy atom. The van der Waals surface area contributed by atoms with Gasteiger partial charge in [0.2, 0.25) is 0 Å². The lowest BCUT2D eigenvalue weighted by Crippen LogP contribution is -2.34. The first-order chi connectivity index (χ1) is 9.63. The number of pyridine rings is 1. The first kappa shape index (κ1) is 13.8. The van der Waals surface area contributed by atoms with Gasteiger partial charge in [-0.25, -0.2) is 4.98 Å². The summed E-state index contributed by atoms with van der Waals surface area (Å²) in [5, 5.41) is 3.53. The summed E-state index contributed by atoms with van der Waals surface area (Å²) in [6.45, 7) is 5.48. The van der Waals surface area contributed by atoms with Crippen molar-refractivity contribution in [2.24, 2.45) is 5.92 Å². The van der Waals surface area contributed by atoms with Crippen molar-refractivity contribution < 1.29 is 0 Å². The molecule has 20 heavy (non-hydrogen) atoms. The molecular weight excluding hydrogens is 248 g/mol. The zero-order valence-corrected chi connectivity index (χ0v) is 12.8. The first-order valence-electron chi connectivity index (χ1n) is 7.73. The SMILES string of the molecule is CC1CN(c2ccc(CNC3CC3)cn2)CC1N(C)C. The molecule has 1 aliphatic heterocycles. The highest BCUT2D eigenvalue weighted by molar-refractivity contribution is 5.41. The van der Waals surface area contributed by atoms with Crippen molar-refractivity contribution in [1.29, 1.82) is 0 Å². The van der Waals surface area contributed by atoms with Crippen LogP contribution in [0.1, 0.15) is 25.3 Å². The third-order valence-corrected chi connectivity index (χ3v) is 4.54. The zero-order chi connectivity index (χ0) is 14.1.